The predicted octanol–water partition coefficient (Wildman–Crippen LogP) is 19.2. The quantitative estimate of drug-likeness (QED) is 0.0391. The molecule has 3 fully saturated rings. The first-order chi connectivity index (χ1) is 69.7. The number of pyridine rings is 9. The second-order valence-electron chi connectivity index (χ2n) is 37.1. The number of benzene rings is 5. The van der Waals surface area contributed by atoms with Crippen LogP contribution in [-0.2, 0) is 53.0 Å². The standard InChI is InChI=1S/C32H27Cl2N3O.C27H31ClN6O4.C26H28ClN5O4.C24H26ClN5O3/c33-26-12-4-10-23(17-26)32(38,25-11-6-16-36-20-25)24-13-14-28-27(18-24)30(34)29(21-7-2-1-3-8-21)31(37-28)22-9-5-15-35-19-22;1-17-5-7-21(18(2)30-17)27(35,23-16-29-32-33(23)3)19-6-8-22-20(15-19)24(28)25(26(31-22)36-4)38-14-11-34-9-12-37-13-10-34;1-15-6-8-19(16(2)30-15)26(33,24-28-14-29-32(24)4)17-7-9-20-18(10-17)21(27)22(23(31-20)34-5)36-13-25(3)11-35-12-25;1-13(2)33-22-21(25)17-11-16(8-10-19(17)28-23(22)32-6)24(31,20-12-26-29-30(20)5)18-9-7-14(3)27-15(18)4/h4-6,9-21,38H,1-3,7-8H2;5-8,15-16,35H,9-14H2,1-4H3;6-10,14,33H,11-13H2,1-5H3;7-13,31H,1-6H3. The lowest BCUT2D eigenvalue weighted by atomic mass is 9.79. The van der Waals surface area contributed by atoms with Gasteiger partial charge in [-0.25, -0.2) is 39.0 Å². The van der Waals surface area contributed by atoms with Gasteiger partial charge in [0.15, 0.2) is 22.6 Å². The van der Waals surface area contributed by atoms with Crippen LogP contribution in [0.1, 0.15) is 166 Å². The van der Waals surface area contributed by atoms with Gasteiger partial charge in [-0.15, -0.1) is 10.2 Å². The maximum Gasteiger partial charge on any atom is 0.258 e. The van der Waals surface area contributed by atoms with Gasteiger partial charge < -0.3 is 58.3 Å². The molecule has 2 saturated heterocycles. The Morgan fingerprint density at radius 2 is 0.917 bits per heavy atom. The summed E-state index contributed by atoms with van der Waals surface area (Å²) in [6.45, 7) is 23.2. The molecule has 4 unspecified atom stereocenters. The lowest BCUT2D eigenvalue weighted by molar-refractivity contribution is -0.120. The number of aliphatic hydroxyl groups is 4. The predicted molar refractivity (Wildman–Crippen MR) is 557 cm³/mol. The Bertz CT molecular complexity index is 7600. The highest BCUT2D eigenvalue weighted by atomic mass is 35.5. The van der Waals surface area contributed by atoms with E-state index in [0.29, 0.717) is 209 Å². The van der Waals surface area contributed by atoms with E-state index in [-0.39, 0.29) is 11.5 Å². The minimum atomic E-state index is -1.65. The second-order valence-corrected chi connectivity index (χ2v) is 39.0. The highest BCUT2D eigenvalue weighted by Gasteiger charge is 2.45. The van der Waals surface area contributed by atoms with Crippen LogP contribution in [-0.4, -0.2) is 202 Å². The molecule has 750 valence electrons. The molecule has 1 aliphatic carbocycles. The topological polar surface area (TPSA) is 366 Å². The largest absolute Gasteiger partial charge is 0.486 e. The van der Waals surface area contributed by atoms with E-state index >= 15 is 0 Å². The van der Waals surface area contributed by atoms with E-state index in [1.54, 1.807) is 109 Å². The molecule has 20 rings (SSSR count). The van der Waals surface area contributed by atoms with Gasteiger partial charge in [0.2, 0.25) is 17.2 Å². The zero-order valence-corrected chi connectivity index (χ0v) is 86.8. The highest BCUT2D eigenvalue weighted by Crippen LogP contribution is 2.51. The van der Waals surface area contributed by atoms with Gasteiger partial charge in [0.05, 0.1) is 132 Å². The Kier molecular flexibility index (Phi) is 31.1. The summed E-state index contributed by atoms with van der Waals surface area (Å²) in [6, 6.07) is 48.3. The third-order valence-corrected chi connectivity index (χ3v) is 28.4. The van der Waals surface area contributed by atoms with E-state index in [1.165, 1.54) is 46.9 Å². The molecular weight excluding hydrogens is 1940 g/mol. The number of hydrogen-bond donors (Lipinski definition) is 4. The van der Waals surface area contributed by atoms with Crippen LogP contribution in [0.25, 0.3) is 54.9 Å². The molecule has 14 heterocycles. The Labute approximate surface area is 864 Å². The first-order valence-corrected chi connectivity index (χ1v) is 49.4. The van der Waals surface area contributed by atoms with Crippen LogP contribution in [0.3, 0.4) is 0 Å². The summed E-state index contributed by atoms with van der Waals surface area (Å²) in [6.07, 6.45) is 17.2. The SMILES string of the molecule is COc1nc2ccc(C(O)(c3ccc(C)nc3C)c3cnnn3C)cc2c(Cl)c1OC(C)C.COc1nc2ccc(C(O)(c3ccc(C)nc3C)c3cnnn3C)cc2c(Cl)c1OCCN1CCOCC1.COc1nc2ccc(C(O)(c3ccc(C)nc3C)c3ncnn3C)cc2c(Cl)c1OCC1(C)COC1.OC(c1cccnc1)(c1cccc(Cl)c1)c1ccc2nc(-c3cccnc3)c(C3CCCCC3)c(Cl)c2c1. The number of aromatic nitrogens is 18. The van der Waals surface area contributed by atoms with Crippen molar-refractivity contribution >= 4 is 102 Å². The van der Waals surface area contributed by atoms with Crippen LogP contribution in [0.4, 0.5) is 0 Å². The number of nitrogens with zero attached hydrogens (tertiary/aromatic N) is 19. The van der Waals surface area contributed by atoms with Gasteiger partial charge in [-0.3, -0.25) is 29.8 Å². The number of fused-ring (bicyclic) bond motifs is 4. The fraction of sp³-hybridized carbons (Fsp3) is 0.330. The van der Waals surface area contributed by atoms with Crippen LogP contribution in [0.5, 0.6) is 34.9 Å². The molecule has 4 N–H and O–H groups in total. The van der Waals surface area contributed by atoms with Gasteiger partial charge in [-0.05, 0) is 199 Å². The fourth-order valence-electron chi connectivity index (χ4n) is 19.2. The molecule has 1 saturated carbocycles. The number of morpholine rings is 1. The zero-order chi connectivity index (χ0) is 103. The van der Waals surface area contributed by atoms with Gasteiger partial charge in [0.1, 0.15) is 18.5 Å². The molecule has 0 bridgehead atoms. The van der Waals surface area contributed by atoms with Crippen LogP contribution in [0.2, 0.25) is 25.1 Å². The summed E-state index contributed by atoms with van der Waals surface area (Å²) in [5.74, 6) is 2.67. The maximum absolute atomic E-state index is 12.4. The van der Waals surface area contributed by atoms with E-state index in [4.69, 9.17) is 101 Å². The Morgan fingerprint density at radius 1 is 0.462 bits per heavy atom. The average Bonchev–Trinajstić information content (AvgIpc) is 1.65. The van der Waals surface area contributed by atoms with E-state index in [0.717, 1.165) is 90.5 Å². The van der Waals surface area contributed by atoms with Crippen molar-refractivity contribution in [3.8, 4) is 46.1 Å². The molecule has 4 atom stereocenters. The summed E-state index contributed by atoms with van der Waals surface area (Å²) in [4.78, 5) is 48.0. The fourth-order valence-corrected chi connectivity index (χ4v) is 20.6. The molecule has 31 nitrogen and oxygen atoms in total. The first-order valence-electron chi connectivity index (χ1n) is 47.5. The van der Waals surface area contributed by atoms with Crippen molar-refractivity contribution in [3.05, 3.63) is 333 Å². The number of hydrogen-bond acceptors (Lipinski definition) is 28. The first kappa shape index (κ1) is 103. The van der Waals surface area contributed by atoms with E-state index in [2.05, 4.69) is 82.4 Å². The van der Waals surface area contributed by atoms with Crippen LogP contribution in [0, 0.1) is 47.0 Å². The molecule has 12 aromatic heterocycles. The monoisotopic (exact) mass is 2050 g/mol. The van der Waals surface area contributed by atoms with Gasteiger partial charge in [-0.1, -0.05) is 155 Å². The number of aryl methyl sites for hydroxylation is 9. The van der Waals surface area contributed by atoms with Gasteiger partial charge in [0.25, 0.3) is 17.6 Å². The second kappa shape index (κ2) is 43.7. The summed E-state index contributed by atoms with van der Waals surface area (Å²) < 4.78 is 49.9. The number of rotatable bonds is 26. The zero-order valence-electron chi connectivity index (χ0n) is 83.0. The van der Waals surface area contributed by atoms with Crippen LogP contribution in [0.15, 0.2) is 201 Å². The summed E-state index contributed by atoms with van der Waals surface area (Å²) >= 11 is 34.2. The van der Waals surface area contributed by atoms with E-state index in [1.807, 2.05) is 177 Å². The smallest absolute Gasteiger partial charge is 0.258 e. The molecule has 2 aliphatic heterocycles. The lowest BCUT2D eigenvalue weighted by Gasteiger charge is -2.37. The van der Waals surface area contributed by atoms with E-state index < -0.39 is 22.4 Å². The summed E-state index contributed by atoms with van der Waals surface area (Å²) in [5.41, 5.74) is 10.2. The summed E-state index contributed by atoms with van der Waals surface area (Å²) in [7, 11) is 9.80. The number of methoxy groups -OCH3 is 3. The molecule has 3 aliphatic rings. The Morgan fingerprint density at radius 3 is 1.36 bits per heavy atom. The van der Waals surface area contributed by atoms with Crippen molar-refractivity contribution in [2.24, 2.45) is 26.6 Å². The molecule has 145 heavy (non-hydrogen) atoms. The van der Waals surface area contributed by atoms with Gasteiger partial charge >= 0.3 is 0 Å². The van der Waals surface area contributed by atoms with Gasteiger partial charge in [0, 0.05) is 165 Å². The van der Waals surface area contributed by atoms with Crippen molar-refractivity contribution in [2.45, 2.75) is 129 Å². The number of halogens is 5. The van der Waals surface area contributed by atoms with Crippen molar-refractivity contribution in [1.29, 1.82) is 0 Å². The van der Waals surface area contributed by atoms with Crippen LogP contribution >= 0.6 is 58.0 Å². The average molecular weight is 2060 g/mol. The minimum absolute atomic E-state index is 0.0907. The molecule has 5 aromatic carbocycles. The molecule has 36 heteroatoms. The highest BCUT2D eigenvalue weighted by molar-refractivity contribution is 6.38. The van der Waals surface area contributed by atoms with Crippen molar-refractivity contribution in [2.75, 3.05) is 80.6 Å². The molecule has 0 radical (unpaired) electrons. The molecular formula is C109H112Cl5N19O12. The Balaban J connectivity index is 0.000000133. The van der Waals surface area contributed by atoms with Crippen molar-refractivity contribution < 1.29 is 58.3 Å². The van der Waals surface area contributed by atoms with Crippen molar-refractivity contribution in [1.82, 2.24) is 94.5 Å². The van der Waals surface area contributed by atoms with Crippen LogP contribution < -0.4 is 28.4 Å². The normalized spacial score (nSPS) is 15.5. The van der Waals surface area contributed by atoms with Crippen molar-refractivity contribution in [3.63, 3.8) is 0 Å². The van der Waals surface area contributed by atoms with E-state index in [9.17, 15) is 20.4 Å². The Hall–Kier alpha value is -13.1. The van der Waals surface area contributed by atoms with Gasteiger partial charge in [-0.2, -0.15) is 5.10 Å². The third kappa shape index (κ3) is 20.7. The molecule has 17 aromatic rings. The summed E-state index contributed by atoms with van der Waals surface area (Å²) in [5, 5.41) is 74.7. The minimum Gasteiger partial charge on any atom is -0.486 e. The molecule has 0 spiro atoms. The molecule has 0 amide bonds. The maximum atomic E-state index is 12.4. The lowest BCUT2D eigenvalue weighted by Crippen LogP contribution is -2.44. The third-order valence-electron chi connectivity index (χ3n) is 26.7. The number of ether oxygens (including phenoxy) is 8.